The van der Waals surface area contributed by atoms with Crippen LogP contribution in [0.5, 0.6) is 0 Å². The average Bonchev–Trinajstić information content (AvgIpc) is 3.02. The zero-order chi connectivity index (χ0) is 22.0. The number of fused-ring (bicyclic) bond motifs is 1. The van der Waals surface area contributed by atoms with Crippen LogP contribution in [0, 0.1) is 34.6 Å². The number of nitrogen functional groups attached to an aromatic ring is 1. The Morgan fingerprint density at radius 3 is 1.96 bits per heavy atom. The highest BCUT2D eigenvalue weighted by atomic mass is 15.3. The lowest BCUT2D eigenvalue weighted by Crippen LogP contribution is -2.09. The van der Waals surface area contributed by atoms with E-state index in [9.17, 15) is 0 Å². The number of pyridine rings is 1. The first-order valence-corrected chi connectivity index (χ1v) is 10.3. The Labute approximate surface area is 170 Å². The smallest absolute Gasteiger partial charge is 0.222 e. The second-order valence-electron chi connectivity index (χ2n) is 5.75. The van der Waals surface area contributed by atoms with Gasteiger partial charge in [0.05, 0.1) is 29.0 Å². The quantitative estimate of drug-likeness (QED) is 0.631. The largest absolute Gasteiger partial charge is 0.368 e. The molecular weight excluding hydrogens is 348 g/mol. The number of aryl methyl sites for hydroxylation is 3. The molecule has 0 spiro atoms. The molecule has 3 aromatic heterocycles. The first kappa shape index (κ1) is 25.5. The van der Waals surface area contributed by atoms with E-state index >= 15 is 0 Å². The minimum atomic E-state index is 0.274. The summed E-state index contributed by atoms with van der Waals surface area (Å²) in [5, 5.41) is 5.57. The van der Waals surface area contributed by atoms with E-state index < -0.39 is 0 Å². The van der Waals surface area contributed by atoms with Gasteiger partial charge in [0.15, 0.2) is 5.65 Å². The summed E-state index contributed by atoms with van der Waals surface area (Å²) < 4.78 is 1.86. The third-order valence-electron chi connectivity index (χ3n) is 4.27. The fourth-order valence-corrected chi connectivity index (χ4v) is 2.76. The van der Waals surface area contributed by atoms with Crippen LogP contribution in [0.1, 0.15) is 75.3 Å². The van der Waals surface area contributed by atoms with Crippen molar-refractivity contribution < 1.29 is 0 Å². The van der Waals surface area contributed by atoms with Crippen molar-refractivity contribution in [3.05, 3.63) is 40.0 Å². The van der Waals surface area contributed by atoms with Crippen molar-refractivity contribution in [3.8, 4) is 0 Å². The summed E-state index contributed by atoms with van der Waals surface area (Å²) >= 11 is 0. The highest BCUT2D eigenvalue weighted by molar-refractivity contribution is 5.81. The van der Waals surface area contributed by atoms with Crippen molar-refractivity contribution in [2.75, 3.05) is 5.73 Å². The van der Waals surface area contributed by atoms with Gasteiger partial charge in [0, 0.05) is 6.20 Å². The van der Waals surface area contributed by atoms with Gasteiger partial charge in [-0.05, 0) is 51.3 Å². The fraction of sp³-hybridized carbons (Fsp3) is 0.545. The van der Waals surface area contributed by atoms with Crippen LogP contribution in [0.4, 0.5) is 5.95 Å². The highest BCUT2D eigenvalue weighted by Crippen LogP contribution is 2.22. The van der Waals surface area contributed by atoms with Crippen LogP contribution in [0.25, 0.3) is 11.0 Å². The first-order chi connectivity index (χ1) is 13.4. The van der Waals surface area contributed by atoms with E-state index in [1.54, 1.807) is 0 Å². The number of rotatable bonds is 2. The normalized spacial score (nSPS) is 9.54. The van der Waals surface area contributed by atoms with Gasteiger partial charge in [0.25, 0.3) is 0 Å². The molecule has 2 N–H and O–H groups in total. The number of nitrogens with zero attached hydrogens (tertiary/aromatic N) is 5. The Balaban J connectivity index is 0.00000111. The maximum Gasteiger partial charge on any atom is 0.222 e. The van der Waals surface area contributed by atoms with Crippen LogP contribution in [0.15, 0.2) is 6.20 Å². The molecule has 3 aromatic rings. The van der Waals surface area contributed by atoms with E-state index in [1.807, 2.05) is 66.3 Å². The fourth-order valence-electron chi connectivity index (χ4n) is 2.76. The second-order valence-corrected chi connectivity index (χ2v) is 5.75. The lowest BCUT2D eigenvalue weighted by molar-refractivity contribution is 0.677. The van der Waals surface area contributed by atoms with Crippen molar-refractivity contribution in [1.29, 1.82) is 0 Å². The van der Waals surface area contributed by atoms with E-state index in [1.165, 1.54) is 16.7 Å². The Morgan fingerprint density at radius 1 is 0.821 bits per heavy atom. The number of aromatic nitrogens is 5. The van der Waals surface area contributed by atoms with Crippen LogP contribution in [0.3, 0.4) is 0 Å². The van der Waals surface area contributed by atoms with E-state index in [0.717, 1.165) is 28.1 Å². The Kier molecular flexibility index (Phi) is 11.0. The molecule has 156 valence electrons. The van der Waals surface area contributed by atoms with Gasteiger partial charge in [-0.25, -0.2) is 9.67 Å². The van der Waals surface area contributed by atoms with Crippen molar-refractivity contribution in [2.45, 2.75) is 82.7 Å². The van der Waals surface area contributed by atoms with Gasteiger partial charge in [-0.1, -0.05) is 41.5 Å². The van der Waals surface area contributed by atoms with E-state index in [-0.39, 0.29) is 5.95 Å². The summed E-state index contributed by atoms with van der Waals surface area (Å²) in [6.07, 6.45) is 1.91. The zero-order valence-electron chi connectivity index (χ0n) is 19.6. The van der Waals surface area contributed by atoms with E-state index in [4.69, 9.17) is 5.73 Å². The third-order valence-corrected chi connectivity index (χ3v) is 4.27. The number of hydrogen-bond acceptors (Lipinski definition) is 5. The molecule has 0 aliphatic carbocycles. The molecular formula is C22H38N6. The molecule has 0 atom stereocenters. The molecule has 0 saturated heterocycles. The van der Waals surface area contributed by atoms with Crippen LogP contribution < -0.4 is 5.73 Å². The monoisotopic (exact) mass is 386 g/mol. The van der Waals surface area contributed by atoms with Crippen LogP contribution >= 0.6 is 0 Å². The predicted molar refractivity (Wildman–Crippen MR) is 121 cm³/mol. The van der Waals surface area contributed by atoms with Gasteiger partial charge >= 0.3 is 0 Å². The molecule has 0 aliphatic rings. The highest BCUT2D eigenvalue weighted by Gasteiger charge is 2.15. The molecule has 0 unspecified atom stereocenters. The Hall–Kier alpha value is -2.50. The van der Waals surface area contributed by atoms with Gasteiger partial charge in [-0.3, -0.25) is 4.98 Å². The molecule has 6 nitrogen and oxygen atoms in total. The summed E-state index contributed by atoms with van der Waals surface area (Å²) in [6.45, 7) is 22.8. The molecule has 3 rings (SSSR count). The average molecular weight is 387 g/mol. The zero-order valence-corrected chi connectivity index (χ0v) is 19.6. The van der Waals surface area contributed by atoms with E-state index in [0.29, 0.717) is 6.54 Å². The molecule has 3 heterocycles. The standard InChI is InChI=1S/C16H20N6.3C2H6/c1-8-6-18-13(10(3)9(8)2)7-22-15-14(12(5)21-22)11(4)19-16(17)20-15;3*1-2/h6H,7H2,1-5H3,(H2,17,19,20);3*1-2H3. The topological polar surface area (TPSA) is 82.5 Å². The van der Waals surface area contributed by atoms with Crippen molar-refractivity contribution >= 4 is 17.0 Å². The molecule has 0 saturated carbocycles. The molecule has 0 fully saturated rings. The predicted octanol–water partition coefficient (Wildman–Crippen LogP) is 5.47. The molecule has 0 bridgehead atoms. The molecule has 0 aliphatic heterocycles. The summed E-state index contributed by atoms with van der Waals surface area (Å²) in [4.78, 5) is 13.1. The first-order valence-electron chi connectivity index (χ1n) is 10.3. The number of nitrogens with two attached hydrogens (primary N) is 1. The number of hydrogen-bond donors (Lipinski definition) is 1. The summed E-state index contributed by atoms with van der Waals surface area (Å²) in [6, 6.07) is 0. The molecule has 0 radical (unpaired) electrons. The van der Waals surface area contributed by atoms with Gasteiger partial charge < -0.3 is 5.73 Å². The Bertz CT molecular complexity index is 881. The van der Waals surface area contributed by atoms with Crippen molar-refractivity contribution in [2.24, 2.45) is 0 Å². The lowest BCUT2D eigenvalue weighted by Gasteiger charge is -2.10. The molecule has 6 heteroatoms. The summed E-state index contributed by atoms with van der Waals surface area (Å²) in [5.41, 5.74) is 13.0. The molecule has 0 amide bonds. The van der Waals surface area contributed by atoms with E-state index in [2.05, 4.69) is 40.8 Å². The van der Waals surface area contributed by atoms with Crippen LogP contribution in [0.2, 0.25) is 0 Å². The van der Waals surface area contributed by atoms with Crippen molar-refractivity contribution in [1.82, 2.24) is 24.7 Å². The van der Waals surface area contributed by atoms with Gasteiger partial charge in [-0.2, -0.15) is 10.1 Å². The number of anilines is 1. The van der Waals surface area contributed by atoms with Crippen molar-refractivity contribution in [3.63, 3.8) is 0 Å². The minimum Gasteiger partial charge on any atom is -0.368 e. The van der Waals surface area contributed by atoms with Gasteiger partial charge in [0.2, 0.25) is 5.95 Å². The summed E-state index contributed by atoms with van der Waals surface area (Å²) in [7, 11) is 0. The summed E-state index contributed by atoms with van der Waals surface area (Å²) in [5.74, 6) is 0.274. The van der Waals surface area contributed by atoms with Gasteiger partial charge in [-0.15, -0.1) is 0 Å². The van der Waals surface area contributed by atoms with Crippen LogP contribution in [-0.4, -0.2) is 24.7 Å². The van der Waals surface area contributed by atoms with Gasteiger partial charge in [0.1, 0.15) is 0 Å². The second kappa shape index (κ2) is 12.1. The maximum absolute atomic E-state index is 5.79. The Morgan fingerprint density at radius 2 is 1.39 bits per heavy atom. The van der Waals surface area contributed by atoms with Crippen LogP contribution in [-0.2, 0) is 6.54 Å². The lowest BCUT2D eigenvalue weighted by atomic mass is 10.1. The minimum absolute atomic E-state index is 0.274. The molecule has 28 heavy (non-hydrogen) atoms. The third kappa shape index (κ3) is 5.50. The molecule has 0 aromatic carbocycles. The maximum atomic E-state index is 5.79. The SMILES string of the molecule is CC.CC.CC.Cc1cnc(Cn2nc(C)c3c(C)nc(N)nc32)c(C)c1C.